The van der Waals surface area contributed by atoms with E-state index in [1.54, 1.807) is 53.5 Å². The first-order valence-electron chi connectivity index (χ1n) is 8.80. The molecule has 150 valence electrons. The molecule has 10 heteroatoms. The van der Waals surface area contributed by atoms with Crippen molar-refractivity contribution < 1.29 is 9.53 Å². The van der Waals surface area contributed by atoms with E-state index in [1.807, 2.05) is 13.2 Å². The Labute approximate surface area is 176 Å². The van der Waals surface area contributed by atoms with Crippen molar-refractivity contribution >= 4 is 29.1 Å². The SMILES string of the molecule is Cn1cc(-c2cnc(N)c(Oc3ccc(C(=O)Nc4cc(Cl)ccn4)cc3)n2)cn1. The number of carbonyl (C=O) groups excluding carboxylic acids is 1. The van der Waals surface area contributed by atoms with E-state index in [2.05, 4.69) is 25.4 Å². The zero-order chi connectivity index (χ0) is 21.1. The number of nitrogens with one attached hydrogen (secondary N) is 1. The highest BCUT2D eigenvalue weighted by molar-refractivity contribution is 6.30. The number of aryl methyl sites for hydroxylation is 1. The molecule has 0 aliphatic rings. The smallest absolute Gasteiger partial charge is 0.263 e. The molecule has 0 aliphatic carbocycles. The van der Waals surface area contributed by atoms with Gasteiger partial charge in [0.15, 0.2) is 5.82 Å². The van der Waals surface area contributed by atoms with Crippen LogP contribution in [0.3, 0.4) is 0 Å². The zero-order valence-corrected chi connectivity index (χ0v) is 16.5. The average molecular weight is 422 g/mol. The Hall–Kier alpha value is -3.98. The van der Waals surface area contributed by atoms with Crippen LogP contribution in [0.4, 0.5) is 11.6 Å². The van der Waals surface area contributed by atoms with Crippen molar-refractivity contribution in [2.24, 2.45) is 7.05 Å². The number of anilines is 2. The lowest BCUT2D eigenvalue weighted by Crippen LogP contribution is -2.12. The Morgan fingerprint density at radius 3 is 2.67 bits per heavy atom. The van der Waals surface area contributed by atoms with Gasteiger partial charge in [-0.1, -0.05) is 11.6 Å². The molecule has 3 N–H and O–H groups in total. The van der Waals surface area contributed by atoms with Crippen LogP contribution in [0.1, 0.15) is 10.4 Å². The van der Waals surface area contributed by atoms with Crippen molar-refractivity contribution in [3.8, 4) is 22.9 Å². The van der Waals surface area contributed by atoms with Crippen LogP contribution in [-0.4, -0.2) is 30.6 Å². The molecule has 0 saturated heterocycles. The Bertz CT molecular complexity index is 1210. The van der Waals surface area contributed by atoms with E-state index in [0.29, 0.717) is 27.8 Å². The fourth-order valence-electron chi connectivity index (χ4n) is 2.60. The van der Waals surface area contributed by atoms with Crippen LogP contribution in [0.5, 0.6) is 11.6 Å². The van der Waals surface area contributed by atoms with Gasteiger partial charge in [-0.2, -0.15) is 5.10 Å². The molecule has 0 aliphatic heterocycles. The van der Waals surface area contributed by atoms with Crippen molar-refractivity contribution in [1.29, 1.82) is 0 Å². The highest BCUT2D eigenvalue weighted by atomic mass is 35.5. The Morgan fingerprint density at radius 2 is 1.97 bits per heavy atom. The van der Waals surface area contributed by atoms with Gasteiger partial charge < -0.3 is 15.8 Å². The monoisotopic (exact) mass is 421 g/mol. The molecule has 1 aromatic carbocycles. The number of rotatable bonds is 5. The summed E-state index contributed by atoms with van der Waals surface area (Å²) in [6.45, 7) is 0. The number of aromatic nitrogens is 5. The van der Waals surface area contributed by atoms with Crippen molar-refractivity contribution in [2.45, 2.75) is 0 Å². The second-order valence-corrected chi connectivity index (χ2v) is 6.72. The van der Waals surface area contributed by atoms with Crippen molar-refractivity contribution in [3.05, 3.63) is 71.8 Å². The number of ether oxygens (including phenoxy) is 1. The molecule has 1 amide bonds. The minimum Gasteiger partial charge on any atom is -0.436 e. The number of benzene rings is 1. The van der Waals surface area contributed by atoms with Gasteiger partial charge in [0.05, 0.1) is 18.1 Å². The lowest BCUT2D eigenvalue weighted by atomic mass is 10.2. The molecule has 0 spiro atoms. The quantitative estimate of drug-likeness (QED) is 0.505. The maximum atomic E-state index is 12.4. The van der Waals surface area contributed by atoms with Gasteiger partial charge in [0.2, 0.25) is 0 Å². The normalized spacial score (nSPS) is 10.6. The molecule has 4 rings (SSSR count). The molecule has 0 radical (unpaired) electrons. The fourth-order valence-corrected chi connectivity index (χ4v) is 2.76. The Balaban J connectivity index is 1.49. The summed E-state index contributed by atoms with van der Waals surface area (Å²) < 4.78 is 7.42. The summed E-state index contributed by atoms with van der Waals surface area (Å²) in [7, 11) is 1.81. The summed E-state index contributed by atoms with van der Waals surface area (Å²) in [5.41, 5.74) is 7.69. The zero-order valence-electron chi connectivity index (χ0n) is 15.8. The van der Waals surface area contributed by atoms with E-state index in [1.165, 1.54) is 6.20 Å². The minimum atomic E-state index is -0.325. The van der Waals surface area contributed by atoms with Gasteiger partial charge in [-0.25, -0.2) is 15.0 Å². The van der Waals surface area contributed by atoms with E-state index >= 15 is 0 Å². The summed E-state index contributed by atoms with van der Waals surface area (Å²) in [6.07, 6.45) is 6.55. The largest absolute Gasteiger partial charge is 0.436 e. The van der Waals surface area contributed by atoms with Crippen molar-refractivity contribution in [2.75, 3.05) is 11.1 Å². The summed E-state index contributed by atoms with van der Waals surface area (Å²) in [5, 5.41) is 7.28. The van der Waals surface area contributed by atoms with E-state index in [4.69, 9.17) is 22.1 Å². The standard InChI is InChI=1S/C20H16ClN7O2/c1-28-11-13(9-25-28)16-10-24-18(22)20(26-16)30-15-4-2-12(3-5-15)19(29)27-17-8-14(21)6-7-23-17/h2-11H,1H3,(H2,22,24)(H,23,27,29). The van der Waals surface area contributed by atoms with E-state index in [-0.39, 0.29) is 17.6 Å². The molecule has 30 heavy (non-hydrogen) atoms. The first-order valence-corrected chi connectivity index (χ1v) is 9.18. The van der Waals surface area contributed by atoms with Crippen LogP contribution in [-0.2, 0) is 7.05 Å². The third-order valence-corrected chi connectivity index (χ3v) is 4.30. The van der Waals surface area contributed by atoms with Gasteiger partial charge in [0.25, 0.3) is 11.8 Å². The third kappa shape index (κ3) is 4.36. The summed E-state index contributed by atoms with van der Waals surface area (Å²) in [6, 6.07) is 9.69. The second kappa shape index (κ2) is 8.18. The van der Waals surface area contributed by atoms with Crippen LogP contribution in [0, 0.1) is 0 Å². The third-order valence-electron chi connectivity index (χ3n) is 4.06. The van der Waals surface area contributed by atoms with E-state index in [0.717, 1.165) is 5.56 Å². The second-order valence-electron chi connectivity index (χ2n) is 6.29. The van der Waals surface area contributed by atoms with Gasteiger partial charge >= 0.3 is 0 Å². The number of hydrogen-bond donors (Lipinski definition) is 2. The van der Waals surface area contributed by atoms with E-state index < -0.39 is 0 Å². The number of nitrogens with two attached hydrogens (primary N) is 1. The molecule has 0 atom stereocenters. The van der Waals surface area contributed by atoms with Crippen LogP contribution in [0.2, 0.25) is 5.02 Å². The van der Waals surface area contributed by atoms with Crippen LogP contribution >= 0.6 is 11.6 Å². The van der Waals surface area contributed by atoms with Gasteiger partial charge in [0.1, 0.15) is 11.6 Å². The van der Waals surface area contributed by atoms with Gasteiger partial charge in [-0.05, 0) is 36.4 Å². The molecule has 0 saturated carbocycles. The molecular formula is C20H16ClN7O2. The predicted molar refractivity (Wildman–Crippen MR) is 112 cm³/mol. The van der Waals surface area contributed by atoms with Crippen LogP contribution in [0.15, 0.2) is 61.2 Å². The van der Waals surface area contributed by atoms with Gasteiger partial charge in [0, 0.05) is 35.6 Å². The lowest BCUT2D eigenvalue weighted by molar-refractivity contribution is 0.102. The summed E-state index contributed by atoms with van der Waals surface area (Å²) >= 11 is 5.90. The first-order chi connectivity index (χ1) is 14.5. The fraction of sp³-hybridized carbons (Fsp3) is 0.0500. The Morgan fingerprint density at radius 1 is 1.17 bits per heavy atom. The summed E-state index contributed by atoms with van der Waals surface area (Å²) in [5.74, 6) is 0.808. The minimum absolute atomic E-state index is 0.150. The number of hydrogen-bond acceptors (Lipinski definition) is 7. The molecule has 3 aromatic heterocycles. The number of nitrogens with zero attached hydrogens (tertiary/aromatic N) is 5. The number of halogens is 1. The number of carbonyl (C=O) groups is 1. The maximum Gasteiger partial charge on any atom is 0.263 e. The highest BCUT2D eigenvalue weighted by Gasteiger charge is 2.12. The molecule has 9 nitrogen and oxygen atoms in total. The number of pyridine rings is 1. The average Bonchev–Trinajstić information content (AvgIpc) is 3.16. The van der Waals surface area contributed by atoms with Crippen molar-refractivity contribution in [1.82, 2.24) is 24.7 Å². The number of amides is 1. The molecular weight excluding hydrogens is 406 g/mol. The van der Waals surface area contributed by atoms with Gasteiger partial charge in [-0.15, -0.1) is 0 Å². The maximum absolute atomic E-state index is 12.4. The first kappa shape index (κ1) is 19.3. The van der Waals surface area contributed by atoms with Crippen molar-refractivity contribution in [3.63, 3.8) is 0 Å². The molecule has 0 bridgehead atoms. The molecule has 0 fully saturated rings. The summed E-state index contributed by atoms with van der Waals surface area (Å²) in [4.78, 5) is 25.0. The number of nitrogen functional groups attached to an aromatic ring is 1. The Kier molecular flexibility index (Phi) is 5.27. The lowest BCUT2D eigenvalue weighted by Gasteiger charge is -2.09. The van der Waals surface area contributed by atoms with Crippen LogP contribution in [0.25, 0.3) is 11.3 Å². The topological polar surface area (TPSA) is 121 Å². The van der Waals surface area contributed by atoms with E-state index in [9.17, 15) is 4.79 Å². The highest BCUT2D eigenvalue weighted by Crippen LogP contribution is 2.27. The van der Waals surface area contributed by atoms with Crippen LogP contribution < -0.4 is 15.8 Å². The predicted octanol–water partition coefficient (Wildman–Crippen LogP) is 3.55. The molecule has 4 aromatic rings. The molecule has 3 heterocycles. The van der Waals surface area contributed by atoms with Gasteiger partial charge in [-0.3, -0.25) is 9.48 Å². The molecule has 0 unspecified atom stereocenters.